The summed E-state index contributed by atoms with van der Waals surface area (Å²) in [7, 11) is -3.35. The number of ether oxygens (including phenoxy) is 2. The number of hydrogen-bond donors (Lipinski definition) is 2. The number of nitrogens with two attached hydrogens (primary N) is 1. The SMILES string of the molecule is COC(=O)[C@H]1[C@@H](NC(=O)C(=NOC(C)(C)C(=O)OC)c2csc(N)n2)C(=O)N1S(=O)(=O)[O-].[Na+]. The average molecular weight is 515 g/mol. The van der Waals surface area contributed by atoms with E-state index in [1.54, 1.807) is 0 Å². The Labute approximate surface area is 213 Å². The van der Waals surface area contributed by atoms with E-state index in [9.17, 15) is 32.1 Å². The number of hydrogen-bond acceptors (Lipinski definition) is 14. The van der Waals surface area contributed by atoms with Gasteiger partial charge in [0.25, 0.3) is 11.8 Å². The Morgan fingerprint density at radius 1 is 1.30 bits per heavy atom. The summed E-state index contributed by atoms with van der Waals surface area (Å²) < 4.78 is 42.5. The number of nitrogens with zero attached hydrogens (tertiary/aromatic N) is 3. The van der Waals surface area contributed by atoms with Crippen LogP contribution in [-0.2, 0) is 43.8 Å². The second-order valence-corrected chi connectivity index (χ2v) is 8.75. The first-order chi connectivity index (χ1) is 14.7. The zero-order valence-electron chi connectivity index (χ0n) is 18.1. The van der Waals surface area contributed by atoms with E-state index in [0.29, 0.717) is 0 Å². The number of rotatable bonds is 8. The maximum absolute atomic E-state index is 12.8. The smallest absolute Gasteiger partial charge is 0.731 e. The maximum Gasteiger partial charge on any atom is 1.00 e. The van der Waals surface area contributed by atoms with E-state index in [-0.39, 0.29) is 44.7 Å². The van der Waals surface area contributed by atoms with Crippen LogP contribution in [0.5, 0.6) is 0 Å². The van der Waals surface area contributed by atoms with Gasteiger partial charge in [-0.25, -0.2) is 27.3 Å². The Balaban J connectivity index is 0.00000544. The van der Waals surface area contributed by atoms with Crippen molar-refractivity contribution in [2.24, 2.45) is 5.16 Å². The second-order valence-electron chi connectivity index (χ2n) is 6.61. The van der Waals surface area contributed by atoms with Crippen LogP contribution in [0.4, 0.5) is 5.13 Å². The van der Waals surface area contributed by atoms with Gasteiger partial charge in [0.2, 0.25) is 5.60 Å². The molecule has 1 aromatic heterocycles. The number of thiazole rings is 1. The molecule has 0 aromatic carbocycles. The number of esters is 2. The van der Waals surface area contributed by atoms with E-state index in [4.69, 9.17) is 10.6 Å². The molecule has 0 bridgehead atoms. The first-order valence-corrected chi connectivity index (χ1v) is 10.7. The van der Waals surface area contributed by atoms with E-state index in [1.807, 2.05) is 0 Å². The Hall–Kier alpha value is -2.31. The minimum Gasteiger partial charge on any atom is -0.731 e. The van der Waals surface area contributed by atoms with Crippen molar-refractivity contribution in [1.29, 1.82) is 0 Å². The molecule has 2 amide bonds. The average Bonchev–Trinajstić information content (AvgIpc) is 3.13. The van der Waals surface area contributed by atoms with Crippen LogP contribution in [0.3, 0.4) is 0 Å². The van der Waals surface area contributed by atoms with Gasteiger partial charge in [-0.2, -0.15) is 0 Å². The van der Waals surface area contributed by atoms with E-state index in [2.05, 4.69) is 24.9 Å². The molecule has 1 saturated heterocycles. The molecular weight excluding hydrogens is 497 g/mol. The Morgan fingerprint density at radius 2 is 1.91 bits per heavy atom. The fourth-order valence-corrected chi connectivity index (χ4v) is 3.83. The van der Waals surface area contributed by atoms with Crippen LogP contribution in [0.1, 0.15) is 19.5 Å². The van der Waals surface area contributed by atoms with Crippen LogP contribution in [0.15, 0.2) is 10.5 Å². The van der Waals surface area contributed by atoms with E-state index >= 15 is 0 Å². The van der Waals surface area contributed by atoms with Crippen LogP contribution in [0, 0.1) is 0 Å². The van der Waals surface area contributed by atoms with Gasteiger partial charge in [-0.15, -0.1) is 11.3 Å². The molecule has 3 N–H and O–H groups in total. The number of amides is 2. The first kappa shape index (κ1) is 28.7. The Kier molecular flexibility index (Phi) is 9.35. The molecular formula is C15H18N5NaO10S2. The summed E-state index contributed by atoms with van der Waals surface area (Å²) in [5.74, 6) is -4.59. The third-order valence-corrected chi connectivity index (χ3v) is 5.61. The van der Waals surface area contributed by atoms with Crippen LogP contribution in [-0.4, -0.2) is 83.6 Å². The van der Waals surface area contributed by atoms with E-state index < -0.39 is 57.5 Å². The summed E-state index contributed by atoms with van der Waals surface area (Å²) in [5, 5.41) is 7.06. The Bertz CT molecular complexity index is 1090. The van der Waals surface area contributed by atoms with Crippen molar-refractivity contribution in [1.82, 2.24) is 14.6 Å². The van der Waals surface area contributed by atoms with Gasteiger partial charge in [-0.3, -0.25) is 9.59 Å². The quantitative estimate of drug-likeness (QED) is 0.0828. The molecule has 0 saturated carbocycles. The fraction of sp³-hybridized carbons (Fsp3) is 0.467. The molecule has 1 aliphatic rings. The van der Waals surface area contributed by atoms with Crippen molar-refractivity contribution in [3.05, 3.63) is 11.1 Å². The summed E-state index contributed by atoms with van der Waals surface area (Å²) in [6.45, 7) is 2.60. The van der Waals surface area contributed by atoms with Gasteiger partial charge in [0.05, 0.1) is 14.2 Å². The number of methoxy groups -OCH3 is 2. The van der Waals surface area contributed by atoms with Crippen molar-refractivity contribution < 1.29 is 76.0 Å². The van der Waals surface area contributed by atoms with Gasteiger partial charge in [-0.05, 0) is 13.8 Å². The predicted molar refractivity (Wildman–Crippen MR) is 105 cm³/mol. The molecule has 0 unspecified atom stereocenters. The summed E-state index contributed by atoms with van der Waals surface area (Å²) in [5.41, 5.74) is 3.26. The van der Waals surface area contributed by atoms with Gasteiger partial charge in [0.15, 0.2) is 27.2 Å². The standard InChI is InChI=1S/C15H19N5O10S2.Na/c1-15(2,13(24)29-4)30-19-7(6-5-31-14(16)17-6)10(21)18-8-9(12(23)28-3)20(11(8)22)32(25,26)27;/h5,8-9H,1-4H3,(H2,16,17)(H,18,21)(H,25,26,27);/q;+1/p-1/t8-,9-;/m1./s1. The number of β-lactam (4-membered cyclic amide) rings is 1. The molecule has 0 aliphatic carbocycles. The third-order valence-electron chi connectivity index (χ3n) is 4.04. The number of oxime groups is 1. The minimum atomic E-state index is -5.35. The number of nitrogens with one attached hydrogen (secondary N) is 1. The monoisotopic (exact) mass is 515 g/mol. The zero-order valence-corrected chi connectivity index (χ0v) is 21.7. The molecule has 0 radical (unpaired) electrons. The predicted octanol–water partition coefficient (Wildman–Crippen LogP) is -5.27. The van der Waals surface area contributed by atoms with Crippen LogP contribution in [0.2, 0.25) is 0 Å². The van der Waals surface area contributed by atoms with Crippen molar-refractivity contribution in [3.8, 4) is 0 Å². The molecule has 33 heavy (non-hydrogen) atoms. The van der Waals surface area contributed by atoms with Crippen LogP contribution in [0.25, 0.3) is 0 Å². The summed E-state index contributed by atoms with van der Waals surface area (Å²) in [4.78, 5) is 57.6. The Morgan fingerprint density at radius 3 is 2.36 bits per heavy atom. The van der Waals surface area contributed by atoms with Gasteiger partial charge in [-0.1, -0.05) is 5.16 Å². The second kappa shape index (κ2) is 10.7. The number of carbonyl (C=O) groups is 4. The number of aromatic nitrogens is 1. The summed E-state index contributed by atoms with van der Waals surface area (Å²) >= 11 is 0.935. The summed E-state index contributed by atoms with van der Waals surface area (Å²) in [6.07, 6.45) is 0. The fourth-order valence-electron chi connectivity index (χ4n) is 2.46. The van der Waals surface area contributed by atoms with E-state index in [1.165, 1.54) is 19.2 Å². The van der Waals surface area contributed by atoms with Gasteiger partial charge in [0.1, 0.15) is 11.7 Å². The van der Waals surface area contributed by atoms with E-state index in [0.717, 1.165) is 25.6 Å². The molecule has 15 nitrogen and oxygen atoms in total. The van der Waals surface area contributed by atoms with Crippen LogP contribution >= 0.6 is 11.3 Å². The molecule has 0 spiro atoms. The third kappa shape index (κ3) is 6.18. The normalized spacial score (nSPS) is 18.5. The van der Waals surface area contributed by atoms with Gasteiger partial charge < -0.3 is 29.9 Å². The molecule has 1 aliphatic heterocycles. The molecule has 1 aromatic rings. The maximum atomic E-state index is 12.8. The largest absolute Gasteiger partial charge is 1.00 e. The first-order valence-electron chi connectivity index (χ1n) is 8.48. The molecule has 176 valence electrons. The molecule has 2 atom stereocenters. The molecule has 2 heterocycles. The van der Waals surface area contributed by atoms with Crippen molar-refractivity contribution in [2.75, 3.05) is 20.0 Å². The van der Waals surface area contributed by atoms with Gasteiger partial charge >= 0.3 is 41.5 Å². The zero-order chi connectivity index (χ0) is 24.4. The topological polar surface area (TPSA) is 220 Å². The number of anilines is 1. The molecule has 18 heteroatoms. The van der Waals surface area contributed by atoms with Crippen molar-refractivity contribution >= 4 is 56.2 Å². The molecule has 2 rings (SSSR count). The van der Waals surface area contributed by atoms with Crippen molar-refractivity contribution in [2.45, 2.75) is 31.5 Å². The van der Waals surface area contributed by atoms with Gasteiger partial charge in [0, 0.05) is 5.38 Å². The number of nitrogen functional groups attached to an aromatic ring is 1. The number of carbonyl (C=O) groups excluding carboxylic acids is 4. The summed E-state index contributed by atoms with van der Waals surface area (Å²) in [6, 6.07) is -3.68. The minimum absolute atomic E-state index is 0. The van der Waals surface area contributed by atoms with Crippen molar-refractivity contribution in [3.63, 3.8) is 0 Å². The van der Waals surface area contributed by atoms with Crippen LogP contribution < -0.4 is 40.6 Å². The molecule has 1 fully saturated rings.